The smallest absolute Gasteiger partial charge is 0.145 e. The van der Waals surface area contributed by atoms with Crippen molar-refractivity contribution in [2.45, 2.75) is 6.92 Å². The Morgan fingerprint density at radius 1 is 1.05 bits per heavy atom. The minimum Gasteiger partial charge on any atom is -0.494 e. The zero-order chi connectivity index (χ0) is 13.9. The summed E-state index contributed by atoms with van der Waals surface area (Å²) in [6, 6.07) is 16.2. The molecule has 100 valence electrons. The van der Waals surface area contributed by atoms with Gasteiger partial charge in [-0.2, -0.15) is 0 Å². The molecule has 20 heavy (non-hydrogen) atoms. The molecule has 1 N–H and O–H groups in total. The van der Waals surface area contributed by atoms with Gasteiger partial charge in [0, 0.05) is 23.0 Å². The van der Waals surface area contributed by atoms with E-state index in [1.165, 1.54) is 5.56 Å². The van der Waals surface area contributed by atoms with Gasteiger partial charge >= 0.3 is 0 Å². The number of hydrogen-bond donors (Lipinski definition) is 1. The fourth-order valence-corrected chi connectivity index (χ4v) is 2.30. The summed E-state index contributed by atoms with van der Waals surface area (Å²) in [5.41, 5.74) is 4.19. The molecule has 3 rings (SSSR count). The summed E-state index contributed by atoms with van der Waals surface area (Å²) in [4.78, 5) is 4.41. The lowest BCUT2D eigenvalue weighted by atomic mass is 10.1. The molecule has 3 nitrogen and oxygen atoms in total. The summed E-state index contributed by atoms with van der Waals surface area (Å²) < 4.78 is 5.36. The Balaban J connectivity index is 2.08. The number of anilines is 2. The fourth-order valence-electron chi connectivity index (χ4n) is 2.30. The molecule has 0 atom stereocenters. The summed E-state index contributed by atoms with van der Waals surface area (Å²) in [6.07, 6.45) is 1.79. The van der Waals surface area contributed by atoms with Crippen molar-refractivity contribution in [3.63, 3.8) is 0 Å². The van der Waals surface area contributed by atoms with Gasteiger partial charge in [-0.05, 0) is 36.8 Å². The Morgan fingerprint density at radius 2 is 1.90 bits per heavy atom. The Bertz CT molecular complexity index is 753. The molecule has 0 aliphatic carbocycles. The monoisotopic (exact) mass is 264 g/mol. The van der Waals surface area contributed by atoms with Crippen molar-refractivity contribution in [1.29, 1.82) is 0 Å². The molecule has 3 aromatic rings. The van der Waals surface area contributed by atoms with Crippen LogP contribution in [0.4, 0.5) is 11.4 Å². The van der Waals surface area contributed by atoms with Gasteiger partial charge < -0.3 is 10.1 Å². The highest BCUT2D eigenvalue weighted by Crippen LogP contribution is 2.30. The molecule has 0 fully saturated rings. The van der Waals surface area contributed by atoms with Gasteiger partial charge in [0.1, 0.15) is 11.3 Å². The number of hydrogen-bond acceptors (Lipinski definition) is 3. The first-order chi connectivity index (χ1) is 9.78. The van der Waals surface area contributed by atoms with E-state index in [9.17, 15) is 0 Å². The average Bonchev–Trinajstić information content (AvgIpc) is 2.47. The standard InChI is InChI=1S/C17H16N2O/c1-12-5-3-6-13(11-12)19-15-9-10-18-17-14(15)7-4-8-16(17)20-2/h3-11H,1-2H3,(H,18,19). The van der Waals surface area contributed by atoms with Crippen LogP contribution < -0.4 is 10.1 Å². The number of nitrogens with one attached hydrogen (secondary N) is 1. The van der Waals surface area contributed by atoms with Crippen molar-refractivity contribution in [1.82, 2.24) is 4.98 Å². The third-order valence-electron chi connectivity index (χ3n) is 3.25. The topological polar surface area (TPSA) is 34.1 Å². The third kappa shape index (κ3) is 2.30. The van der Waals surface area contributed by atoms with E-state index in [4.69, 9.17) is 4.74 Å². The summed E-state index contributed by atoms with van der Waals surface area (Å²) in [5.74, 6) is 0.787. The van der Waals surface area contributed by atoms with Gasteiger partial charge in [0.2, 0.25) is 0 Å². The predicted molar refractivity (Wildman–Crippen MR) is 82.8 cm³/mol. The molecule has 1 aromatic heterocycles. The molecular formula is C17H16N2O. The van der Waals surface area contributed by atoms with Crippen LogP contribution in [0.2, 0.25) is 0 Å². The molecule has 3 heteroatoms. The van der Waals surface area contributed by atoms with E-state index in [2.05, 4.69) is 35.4 Å². The molecule has 0 amide bonds. The predicted octanol–water partition coefficient (Wildman–Crippen LogP) is 4.30. The largest absolute Gasteiger partial charge is 0.494 e. The summed E-state index contributed by atoms with van der Waals surface area (Å²) in [7, 11) is 1.66. The second kappa shape index (κ2) is 5.21. The van der Waals surface area contributed by atoms with E-state index in [1.807, 2.05) is 30.3 Å². The van der Waals surface area contributed by atoms with Crippen LogP contribution in [0.3, 0.4) is 0 Å². The van der Waals surface area contributed by atoms with Gasteiger partial charge in [0.25, 0.3) is 0 Å². The lowest BCUT2D eigenvalue weighted by molar-refractivity contribution is 0.419. The van der Waals surface area contributed by atoms with Crippen molar-refractivity contribution in [2.24, 2.45) is 0 Å². The molecule has 0 radical (unpaired) electrons. The number of pyridine rings is 1. The van der Waals surface area contributed by atoms with Crippen LogP contribution in [0.15, 0.2) is 54.7 Å². The molecule has 0 spiro atoms. The molecule has 0 aliphatic heterocycles. The maximum absolute atomic E-state index is 5.36. The van der Waals surface area contributed by atoms with Crippen molar-refractivity contribution in [2.75, 3.05) is 12.4 Å². The van der Waals surface area contributed by atoms with Crippen LogP contribution in [-0.4, -0.2) is 12.1 Å². The maximum Gasteiger partial charge on any atom is 0.145 e. The zero-order valence-corrected chi connectivity index (χ0v) is 11.6. The van der Waals surface area contributed by atoms with Gasteiger partial charge in [-0.3, -0.25) is 4.98 Å². The second-order valence-electron chi connectivity index (χ2n) is 4.71. The van der Waals surface area contributed by atoms with Crippen molar-refractivity contribution in [3.8, 4) is 5.75 Å². The summed E-state index contributed by atoms with van der Waals surface area (Å²) in [5, 5.41) is 4.49. The van der Waals surface area contributed by atoms with E-state index in [-0.39, 0.29) is 0 Å². The molecule has 0 saturated heterocycles. The van der Waals surface area contributed by atoms with Crippen LogP contribution in [0.25, 0.3) is 10.9 Å². The molecule has 0 aliphatic rings. The Kier molecular flexibility index (Phi) is 3.25. The molecular weight excluding hydrogens is 248 g/mol. The van der Waals surface area contributed by atoms with Gasteiger partial charge in [0.05, 0.1) is 7.11 Å². The Hall–Kier alpha value is -2.55. The number of fused-ring (bicyclic) bond motifs is 1. The lowest BCUT2D eigenvalue weighted by Crippen LogP contribution is -1.94. The van der Waals surface area contributed by atoms with Crippen molar-refractivity contribution >= 4 is 22.3 Å². The molecule has 1 heterocycles. The number of aromatic nitrogens is 1. The highest BCUT2D eigenvalue weighted by molar-refractivity contribution is 5.96. The normalized spacial score (nSPS) is 10.5. The second-order valence-corrected chi connectivity index (χ2v) is 4.71. The number of benzene rings is 2. The van der Waals surface area contributed by atoms with Gasteiger partial charge in [-0.1, -0.05) is 24.3 Å². The highest BCUT2D eigenvalue weighted by atomic mass is 16.5. The highest BCUT2D eigenvalue weighted by Gasteiger charge is 2.06. The third-order valence-corrected chi connectivity index (χ3v) is 3.25. The molecule has 0 bridgehead atoms. The number of nitrogens with zero attached hydrogens (tertiary/aromatic N) is 1. The van der Waals surface area contributed by atoms with E-state index in [0.29, 0.717) is 0 Å². The van der Waals surface area contributed by atoms with Crippen LogP contribution in [0.1, 0.15) is 5.56 Å². The van der Waals surface area contributed by atoms with Gasteiger partial charge in [-0.15, -0.1) is 0 Å². The van der Waals surface area contributed by atoms with E-state index < -0.39 is 0 Å². The maximum atomic E-state index is 5.36. The summed E-state index contributed by atoms with van der Waals surface area (Å²) >= 11 is 0. The average molecular weight is 264 g/mol. The molecule has 0 saturated carbocycles. The minimum absolute atomic E-state index is 0.787. The quantitative estimate of drug-likeness (QED) is 0.766. The first-order valence-corrected chi connectivity index (χ1v) is 6.53. The van der Waals surface area contributed by atoms with Crippen molar-refractivity contribution in [3.05, 3.63) is 60.3 Å². The van der Waals surface area contributed by atoms with E-state index in [0.717, 1.165) is 28.0 Å². The number of rotatable bonds is 3. The fraction of sp³-hybridized carbons (Fsp3) is 0.118. The number of para-hydroxylation sites is 1. The number of ether oxygens (including phenoxy) is 1. The lowest BCUT2D eigenvalue weighted by Gasteiger charge is -2.11. The van der Waals surface area contributed by atoms with E-state index >= 15 is 0 Å². The Labute approximate surface area is 118 Å². The van der Waals surface area contributed by atoms with Crippen LogP contribution in [0, 0.1) is 6.92 Å². The first kappa shape index (κ1) is 12.5. The van der Waals surface area contributed by atoms with E-state index in [1.54, 1.807) is 13.3 Å². The van der Waals surface area contributed by atoms with Crippen LogP contribution in [0.5, 0.6) is 5.75 Å². The van der Waals surface area contributed by atoms with Crippen molar-refractivity contribution < 1.29 is 4.74 Å². The summed E-state index contributed by atoms with van der Waals surface area (Å²) in [6.45, 7) is 2.08. The van der Waals surface area contributed by atoms with Crippen LogP contribution in [-0.2, 0) is 0 Å². The Morgan fingerprint density at radius 3 is 2.70 bits per heavy atom. The van der Waals surface area contributed by atoms with Gasteiger partial charge in [-0.25, -0.2) is 0 Å². The molecule has 0 unspecified atom stereocenters. The minimum atomic E-state index is 0.787. The zero-order valence-electron chi connectivity index (χ0n) is 11.6. The number of aryl methyl sites for hydroxylation is 1. The van der Waals surface area contributed by atoms with Gasteiger partial charge in [0.15, 0.2) is 0 Å². The molecule has 2 aromatic carbocycles. The first-order valence-electron chi connectivity index (χ1n) is 6.53. The SMILES string of the molecule is COc1cccc2c(Nc3cccc(C)c3)ccnc12. The number of methoxy groups -OCH3 is 1. The van der Waals surface area contributed by atoms with Crippen LogP contribution >= 0.6 is 0 Å².